The maximum absolute atomic E-state index is 12.7. The predicted octanol–water partition coefficient (Wildman–Crippen LogP) is 3.72. The van der Waals surface area contributed by atoms with Gasteiger partial charge in [0.25, 0.3) is 0 Å². The summed E-state index contributed by atoms with van der Waals surface area (Å²) < 4.78 is 24.4. The van der Waals surface area contributed by atoms with Crippen molar-refractivity contribution in [2.75, 3.05) is 16.4 Å². The molecule has 0 bridgehead atoms. The van der Waals surface area contributed by atoms with Crippen LogP contribution >= 0.6 is 11.3 Å². The van der Waals surface area contributed by atoms with Gasteiger partial charge in [-0.1, -0.05) is 38.0 Å². The summed E-state index contributed by atoms with van der Waals surface area (Å²) in [6.07, 6.45) is 2.38. The predicted molar refractivity (Wildman–Crippen MR) is 98.6 cm³/mol. The second kappa shape index (κ2) is 8.39. The lowest BCUT2D eigenvalue weighted by molar-refractivity contribution is -0.115. The molecule has 2 rings (SSSR count). The fourth-order valence-corrected chi connectivity index (χ4v) is 4.41. The molecule has 1 heterocycles. The number of sulfone groups is 1. The van der Waals surface area contributed by atoms with Crippen molar-refractivity contribution >= 4 is 37.9 Å². The molecule has 24 heavy (non-hydrogen) atoms. The van der Waals surface area contributed by atoms with Crippen LogP contribution in [-0.4, -0.2) is 30.8 Å². The first-order chi connectivity index (χ1) is 11.4. The Bertz CT molecular complexity index is 770. The molecule has 0 spiro atoms. The number of thiazole rings is 1. The summed E-state index contributed by atoms with van der Waals surface area (Å²) in [5.74, 6) is -0.914. The summed E-state index contributed by atoms with van der Waals surface area (Å²) >= 11 is 1.33. The number of amides is 1. The van der Waals surface area contributed by atoms with E-state index in [1.165, 1.54) is 16.2 Å². The molecule has 0 aliphatic carbocycles. The van der Waals surface area contributed by atoms with E-state index in [4.69, 9.17) is 0 Å². The smallest absolute Gasteiger partial charge is 0.248 e. The topological polar surface area (TPSA) is 67.3 Å². The van der Waals surface area contributed by atoms with Crippen LogP contribution in [0.25, 0.3) is 0 Å². The lowest BCUT2D eigenvalue weighted by Gasteiger charge is -2.20. The standard InChI is InChI=1S/C17H22N2O3S2/c1-3-4-8-11-24(21,22)13-16(20)19(15-9-6-5-7-10-15)17-18-14(2)12-23-17/h5-7,9-10,12H,3-4,8,11,13H2,1-2H3. The Kier molecular flexibility index (Phi) is 6.51. The van der Waals surface area contributed by atoms with E-state index in [-0.39, 0.29) is 5.75 Å². The summed E-state index contributed by atoms with van der Waals surface area (Å²) in [5, 5.41) is 2.33. The van der Waals surface area contributed by atoms with Crippen LogP contribution < -0.4 is 4.90 Å². The molecule has 1 amide bonds. The average molecular weight is 367 g/mol. The molecule has 0 radical (unpaired) electrons. The highest BCUT2D eigenvalue weighted by Gasteiger charge is 2.25. The van der Waals surface area contributed by atoms with Crippen LogP contribution in [0.5, 0.6) is 0 Å². The van der Waals surface area contributed by atoms with E-state index in [1.807, 2.05) is 37.4 Å². The van der Waals surface area contributed by atoms with Crippen molar-refractivity contribution in [3.05, 3.63) is 41.4 Å². The normalized spacial score (nSPS) is 11.4. The Morgan fingerprint density at radius 2 is 1.92 bits per heavy atom. The van der Waals surface area contributed by atoms with Gasteiger partial charge in [0.15, 0.2) is 15.0 Å². The van der Waals surface area contributed by atoms with E-state index < -0.39 is 21.5 Å². The highest BCUT2D eigenvalue weighted by molar-refractivity contribution is 7.92. The number of carbonyl (C=O) groups is 1. The van der Waals surface area contributed by atoms with Crippen molar-refractivity contribution < 1.29 is 13.2 Å². The summed E-state index contributed by atoms with van der Waals surface area (Å²) in [6, 6.07) is 9.02. The minimum Gasteiger partial charge on any atom is -0.273 e. The maximum atomic E-state index is 12.7. The van der Waals surface area contributed by atoms with Crippen LogP contribution in [0.3, 0.4) is 0 Å². The van der Waals surface area contributed by atoms with Gasteiger partial charge in [-0.2, -0.15) is 0 Å². The molecule has 0 saturated carbocycles. The fourth-order valence-electron chi connectivity index (χ4n) is 2.28. The zero-order valence-corrected chi connectivity index (χ0v) is 15.6. The number of anilines is 2. The third-order valence-corrected chi connectivity index (χ3v) is 6.01. The number of unbranched alkanes of at least 4 members (excludes halogenated alkanes) is 2. The highest BCUT2D eigenvalue weighted by Crippen LogP contribution is 2.28. The number of hydrogen-bond donors (Lipinski definition) is 0. The van der Waals surface area contributed by atoms with Crippen molar-refractivity contribution in [3.63, 3.8) is 0 Å². The van der Waals surface area contributed by atoms with Crippen molar-refractivity contribution in [2.45, 2.75) is 33.1 Å². The number of para-hydroxylation sites is 1. The zero-order valence-electron chi connectivity index (χ0n) is 13.9. The van der Waals surface area contributed by atoms with Crippen LogP contribution in [0.1, 0.15) is 31.9 Å². The molecular weight excluding hydrogens is 344 g/mol. The molecule has 130 valence electrons. The van der Waals surface area contributed by atoms with Crippen LogP contribution in [0, 0.1) is 6.92 Å². The summed E-state index contributed by atoms with van der Waals surface area (Å²) in [5.41, 5.74) is 1.43. The van der Waals surface area contributed by atoms with Crippen LogP contribution in [0.2, 0.25) is 0 Å². The van der Waals surface area contributed by atoms with Gasteiger partial charge in [0.05, 0.1) is 17.1 Å². The first kappa shape index (κ1) is 18.6. The van der Waals surface area contributed by atoms with Gasteiger partial charge in [0.2, 0.25) is 5.91 Å². The van der Waals surface area contributed by atoms with Gasteiger partial charge >= 0.3 is 0 Å². The number of nitrogens with zero attached hydrogens (tertiary/aromatic N) is 2. The van der Waals surface area contributed by atoms with E-state index in [9.17, 15) is 13.2 Å². The van der Waals surface area contributed by atoms with Crippen molar-refractivity contribution in [1.29, 1.82) is 0 Å². The Hall–Kier alpha value is -1.73. The first-order valence-corrected chi connectivity index (χ1v) is 10.6. The summed E-state index contributed by atoms with van der Waals surface area (Å²) in [7, 11) is -3.42. The molecule has 5 nitrogen and oxygen atoms in total. The van der Waals surface area contributed by atoms with Crippen molar-refractivity contribution in [3.8, 4) is 0 Å². The van der Waals surface area contributed by atoms with Gasteiger partial charge in [0, 0.05) is 5.38 Å². The fraction of sp³-hybridized carbons (Fsp3) is 0.412. The van der Waals surface area contributed by atoms with Gasteiger partial charge < -0.3 is 0 Å². The number of rotatable bonds is 8. The molecule has 1 aromatic heterocycles. The SMILES string of the molecule is CCCCCS(=O)(=O)CC(=O)N(c1ccccc1)c1nc(C)cs1. The monoisotopic (exact) mass is 366 g/mol. The zero-order chi connectivity index (χ0) is 17.6. The number of benzene rings is 1. The van der Waals surface area contributed by atoms with Gasteiger partial charge in [-0.05, 0) is 25.5 Å². The van der Waals surface area contributed by atoms with E-state index in [1.54, 1.807) is 12.1 Å². The summed E-state index contributed by atoms with van der Waals surface area (Å²) in [6.45, 7) is 3.86. The highest BCUT2D eigenvalue weighted by atomic mass is 32.2. The minimum absolute atomic E-state index is 0.0477. The van der Waals surface area contributed by atoms with Gasteiger partial charge in [0.1, 0.15) is 5.75 Å². The molecule has 0 aliphatic heterocycles. The number of carbonyl (C=O) groups excluding carboxylic acids is 1. The van der Waals surface area contributed by atoms with E-state index in [0.29, 0.717) is 17.2 Å². The minimum atomic E-state index is -3.42. The van der Waals surface area contributed by atoms with E-state index in [2.05, 4.69) is 4.98 Å². The molecule has 0 aliphatic rings. The molecule has 0 atom stereocenters. The van der Waals surface area contributed by atoms with Gasteiger partial charge in [-0.25, -0.2) is 13.4 Å². The molecule has 0 fully saturated rings. The van der Waals surface area contributed by atoms with Gasteiger partial charge in [-0.3, -0.25) is 9.69 Å². The van der Waals surface area contributed by atoms with Crippen molar-refractivity contribution in [2.24, 2.45) is 0 Å². The molecule has 0 N–H and O–H groups in total. The Balaban J connectivity index is 2.23. The lowest BCUT2D eigenvalue weighted by Crippen LogP contribution is -2.33. The molecule has 0 saturated heterocycles. The van der Waals surface area contributed by atoms with E-state index >= 15 is 0 Å². The third kappa shape index (κ3) is 5.14. The lowest BCUT2D eigenvalue weighted by atomic mass is 10.3. The first-order valence-electron chi connectivity index (χ1n) is 7.93. The van der Waals surface area contributed by atoms with Crippen LogP contribution in [0.15, 0.2) is 35.7 Å². The Morgan fingerprint density at radius 1 is 1.21 bits per heavy atom. The van der Waals surface area contributed by atoms with Crippen LogP contribution in [-0.2, 0) is 14.6 Å². The number of aromatic nitrogens is 1. The Morgan fingerprint density at radius 3 is 2.50 bits per heavy atom. The van der Waals surface area contributed by atoms with Crippen molar-refractivity contribution in [1.82, 2.24) is 4.98 Å². The largest absolute Gasteiger partial charge is 0.273 e. The quantitative estimate of drug-likeness (QED) is 0.668. The molecule has 2 aromatic rings. The second-order valence-corrected chi connectivity index (χ2v) is 8.66. The van der Waals surface area contributed by atoms with Gasteiger partial charge in [-0.15, -0.1) is 11.3 Å². The second-order valence-electron chi connectivity index (χ2n) is 5.64. The molecular formula is C17H22N2O3S2. The summed E-state index contributed by atoms with van der Waals surface area (Å²) in [4.78, 5) is 18.5. The molecule has 0 unspecified atom stereocenters. The van der Waals surface area contributed by atoms with Crippen LogP contribution in [0.4, 0.5) is 10.8 Å². The molecule has 7 heteroatoms. The molecule has 1 aromatic carbocycles. The maximum Gasteiger partial charge on any atom is 0.248 e. The Labute approximate surface area is 147 Å². The third-order valence-electron chi connectivity index (χ3n) is 3.46. The van der Waals surface area contributed by atoms with E-state index in [0.717, 1.165) is 18.5 Å². The average Bonchev–Trinajstić information content (AvgIpc) is 2.94. The number of aryl methyl sites for hydroxylation is 1. The number of hydrogen-bond acceptors (Lipinski definition) is 5.